The molecule has 0 spiro atoms. The van der Waals surface area contributed by atoms with Crippen LogP contribution in [0.2, 0.25) is 0 Å². The molecular weight excluding hydrogens is 717 g/mol. The Morgan fingerprint density at radius 3 is 1.72 bits per heavy atom. The zero-order valence-corrected chi connectivity index (χ0v) is 31.2. The van der Waals surface area contributed by atoms with Crippen LogP contribution in [0.3, 0.4) is 0 Å². The first kappa shape index (κ1) is 31.9. The molecule has 0 aliphatic carbocycles. The van der Waals surface area contributed by atoms with Crippen LogP contribution in [0.1, 0.15) is 0 Å². The van der Waals surface area contributed by atoms with Crippen molar-refractivity contribution in [1.29, 1.82) is 0 Å². The zero-order chi connectivity index (χ0) is 37.5. The number of fused-ring (bicyclic) bond motifs is 9. The quantitative estimate of drug-likeness (QED) is 0.176. The molecule has 0 unspecified atom stereocenters. The summed E-state index contributed by atoms with van der Waals surface area (Å²) in [5.74, 6) is 1.81. The van der Waals surface area contributed by atoms with Crippen molar-refractivity contribution in [1.82, 2.24) is 19.5 Å². The van der Waals surface area contributed by atoms with Crippen LogP contribution in [0.4, 0.5) is 0 Å². The van der Waals surface area contributed by atoms with Gasteiger partial charge in [0.05, 0.1) is 22.3 Å². The van der Waals surface area contributed by atoms with Crippen molar-refractivity contribution in [3.05, 3.63) is 182 Å². The number of nitrogens with zero attached hydrogens (tertiary/aromatic N) is 4. The number of furan rings is 1. The van der Waals surface area contributed by atoms with Gasteiger partial charge in [-0.2, -0.15) is 0 Å². The van der Waals surface area contributed by atoms with Crippen molar-refractivity contribution >= 4 is 75.3 Å². The smallest absolute Gasteiger partial charge is 0.167 e. The minimum Gasteiger partial charge on any atom is -0.455 e. The average Bonchev–Trinajstić information content (AvgIpc) is 3.96. The first-order chi connectivity index (χ1) is 28.2. The molecule has 5 nitrogen and oxygen atoms in total. The maximum absolute atomic E-state index is 6.64. The molecule has 0 saturated carbocycles. The summed E-state index contributed by atoms with van der Waals surface area (Å²) in [6.07, 6.45) is 0. The summed E-state index contributed by atoms with van der Waals surface area (Å²) in [4.78, 5) is 14.9. The van der Waals surface area contributed by atoms with Gasteiger partial charge in [0.15, 0.2) is 17.5 Å². The summed E-state index contributed by atoms with van der Waals surface area (Å²) in [5.41, 5.74) is 10.2. The number of benzene rings is 8. The molecular formula is C51H30N4OS. The number of hydrogen-bond acceptors (Lipinski definition) is 5. The van der Waals surface area contributed by atoms with E-state index < -0.39 is 0 Å². The molecule has 4 heterocycles. The van der Waals surface area contributed by atoms with Crippen molar-refractivity contribution in [2.75, 3.05) is 0 Å². The average molecular weight is 747 g/mol. The van der Waals surface area contributed by atoms with Gasteiger partial charge < -0.3 is 8.98 Å². The lowest BCUT2D eigenvalue weighted by atomic mass is 10.0. The van der Waals surface area contributed by atoms with Crippen LogP contribution >= 0.6 is 11.3 Å². The highest BCUT2D eigenvalue weighted by Gasteiger charge is 2.20. The standard InChI is InChI=1S/C51H30N4OS/c1-3-13-31(14-4-1)49-52-50(32-15-5-2-6-16-32)54-51(53-49)39-20-11-19-37-40-29-33(26-28-44(40)56-48(37)39)34-25-27-38-46(30-34)57-45-24-12-23-43(47(38)45)55-41-21-9-7-17-35(41)36-18-8-10-22-42(36)55/h1-30H. The van der Waals surface area contributed by atoms with Crippen LogP contribution in [-0.4, -0.2) is 19.5 Å². The Morgan fingerprint density at radius 2 is 1.00 bits per heavy atom. The molecule has 0 aliphatic rings. The molecule has 0 amide bonds. The molecule has 0 saturated heterocycles. The van der Waals surface area contributed by atoms with E-state index in [-0.39, 0.29) is 0 Å². The van der Waals surface area contributed by atoms with Gasteiger partial charge in [0, 0.05) is 52.8 Å². The van der Waals surface area contributed by atoms with Gasteiger partial charge in [0.2, 0.25) is 0 Å². The Labute approximate surface area is 330 Å². The Morgan fingerprint density at radius 1 is 0.404 bits per heavy atom. The van der Waals surface area contributed by atoms with Crippen LogP contribution in [0.5, 0.6) is 0 Å². The number of aromatic nitrogens is 4. The first-order valence-electron chi connectivity index (χ1n) is 19.0. The van der Waals surface area contributed by atoms with E-state index >= 15 is 0 Å². The summed E-state index contributed by atoms with van der Waals surface area (Å²) in [6.45, 7) is 0. The van der Waals surface area contributed by atoms with Crippen molar-refractivity contribution in [3.8, 4) is 51.0 Å². The predicted molar refractivity (Wildman–Crippen MR) is 236 cm³/mol. The minimum absolute atomic E-state index is 0.572. The van der Waals surface area contributed by atoms with E-state index in [4.69, 9.17) is 19.4 Å². The summed E-state index contributed by atoms with van der Waals surface area (Å²) < 4.78 is 11.6. The van der Waals surface area contributed by atoms with Gasteiger partial charge in [-0.15, -0.1) is 11.3 Å². The van der Waals surface area contributed by atoms with Crippen molar-refractivity contribution < 1.29 is 4.42 Å². The Hall–Kier alpha value is -7.41. The largest absolute Gasteiger partial charge is 0.455 e. The van der Waals surface area contributed by atoms with Gasteiger partial charge in [0.25, 0.3) is 0 Å². The van der Waals surface area contributed by atoms with Crippen LogP contribution in [0.25, 0.3) is 115 Å². The third-order valence-electron chi connectivity index (χ3n) is 11.1. The number of para-hydroxylation sites is 3. The topological polar surface area (TPSA) is 56.7 Å². The van der Waals surface area contributed by atoms with E-state index in [9.17, 15) is 0 Å². The van der Waals surface area contributed by atoms with Crippen molar-refractivity contribution in [2.45, 2.75) is 0 Å². The lowest BCUT2D eigenvalue weighted by molar-refractivity contribution is 0.669. The third-order valence-corrected chi connectivity index (χ3v) is 12.2. The van der Waals surface area contributed by atoms with Crippen LogP contribution in [-0.2, 0) is 0 Å². The fourth-order valence-corrected chi connectivity index (χ4v) is 9.60. The summed E-state index contributed by atoms with van der Waals surface area (Å²) in [5, 5.41) is 7.15. The maximum atomic E-state index is 6.64. The highest BCUT2D eigenvalue weighted by Crippen LogP contribution is 2.43. The summed E-state index contributed by atoms with van der Waals surface area (Å²) >= 11 is 1.85. The van der Waals surface area contributed by atoms with Crippen LogP contribution in [0.15, 0.2) is 186 Å². The highest BCUT2D eigenvalue weighted by molar-refractivity contribution is 7.26. The van der Waals surface area contributed by atoms with Crippen LogP contribution < -0.4 is 0 Å². The maximum Gasteiger partial charge on any atom is 0.167 e. The summed E-state index contributed by atoms with van der Waals surface area (Å²) in [7, 11) is 0. The monoisotopic (exact) mass is 746 g/mol. The molecule has 12 rings (SSSR count). The van der Waals surface area contributed by atoms with E-state index in [2.05, 4.69) is 120 Å². The molecule has 266 valence electrons. The first-order valence-corrected chi connectivity index (χ1v) is 19.8. The molecule has 6 heteroatoms. The van der Waals surface area contributed by atoms with Gasteiger partial charge in [-0.3, -0.25) is 0 Å². The fourth-order valence-electron chi connectivity index (χ4n) is 8.44. The van der Waals surface area contributed by atoms with Gasteiger partial charge in [-0.1, -0.05) is 133 Å². The van der Waals surface area contributed by atoms with Gasteiger partial charge in [-0.25, -0.2) is 15.0 Å². The minimum atomic E-state index is 0.572. The molecule has 12 aromatic rings. The number of rotatable bonds is 5. The molecule has 0 fully saturated rings. The van der Waals surface area contributed by atoms with E-state index in [0.717, 1.165) is 49.8 Å². The van der Waals surface area contributed by atoms with E-state index in [0.29, 0.717) is 17.5 Å². The van der Waals surface area contributed by atoms with E-state index in [1.807, 2.05) is 78.1 Å². The van der Waals surface area contributed by atoms with Crippen LogP contribution in [0, 0.1) is 0 Å². The lowest BCUT2D eigenvalue weighted by Crippen LogP contribution is -2.00. The second kappa shape index (κ2) is 12.6. The SMILES string of the molecule is c1ccc(-c2nc(-c3ccccc3)nc(-c3cccc4c3oc3ccc(-c5ccc6c(c5)sc5cccc(-n7c8ccccc8c8ccccc87)c56)cc34)n2)cc1. The van der Waals surface area contributed by atoms with Crippen molar-refractivity contribution in [2.24, 2.45) is 0 Å². The number of thiophene rings is 1. The Kier molecular flexibility index (Phi) is 7.03. The van der Waals surface area contributed by atoms with Gasteiger partial charge in [0.1, 0.15) is 11.2 Å². The van der Waals surface area contributed by atoms with E-state index in [1.54, 1.807) is 0 Å². The molecule has 4 aromatic heterocycles. The molecule has 0 radical (unpaired) electrons. The zero-order valence-electron chi connectivity index (χ0n) is 30.4. The summed E-state index contributed by atoms with van der Waals surface area (Å²) in [6, 6.07) is 63.8. The molecule has 0 atom stereocenters. The Bertz CT molecular complexity index is 3420. The Balaban J connectivity index is 0.985. The molecule has 0 N–H and O–H groups in total. The van der Waals surface area contributed by atoms with Crippen molar-refractivity contribution in [3.63, 3.8) is 0 Å². The second-order valence-corrected chi connectivity index (χ2v) is 15.5. The van der Waals surface area contributed by atoms with Gasteiger partial charge in [-0.05, 0) is 59.7 Å². The van der Waals surface area contributed by atoms with Gasteiger partial charge >= 0.3 is 0 Å². The third kappa shape index (κ3) is 5.04. The number of hydrogen-bond donors (Lipinski definition) is 0. The van der Waals surface area contributed by atoms with E-state index in [1.165, 1.54) is 47.7 Å². The molecule has 0 aliphatic heterocycles. The predicted octanol–water partition coefficient (Wildman–Crippen LogP) is 13.9. The molecule has 8 aromatic carbocycles. The second-order valence-electron chi connectivity index (χ2n) is 14.4. The lowest BCUT2D eigenvalue weighted by Gasteiger charge is -2.10. The highest BCUT2D eigenvalue weighted by atomic mass is 32.1. The fraction of sp³-hybridized carbons (Fsp3) is 0. The molecule has 0 bridgehead atoms. The normalized spacial score (nSPS) is 11.9. The molecule has 57 heavy (non-hydrogen) atoms.